The molecule has 2 fully saturated rings. The van der Waals surface area contributed by atoms with Gasteiger partial charge in [-0.2, -0.15) is 0 Å². The molecule has 13 heteroatoms. The van der Waals surface area contributed by atoms with E-state index < -0.39 is 83.7 Å². The molecule has 12 nitrogen and oxygen atoms in total. The van der Waals surface area contributed by atoms with E-state index in [1.54, 1.807) is 0 Å². The van der Waals surface area contributed by atoms with Crippen LogP contribution in [0.25, 0.3) is 0 Å². The van der Waals surface area contributed by atoms with Crippen LogP contribution in [0.2, 0.25) is 0 Å². The normalized spacial score (nSPS) is 51.0. The van der Waals surface area contributed by atoms with E-state index in [9.17, 15) is 40.5 Å². The topological polar surface area (TPSA) is 196 Å². The molecule has 172 valence electrons. The van der Waals surface area contributed by atoms with Gasteiger partial charge in [-0.1, -0.05) is 0 Å². The number of aliphatic hydroxyl groups is 7. The predicted octanol–water partition coefficient (Wildman–Crippen LogP) is -3.70. The second-order valence-corrected chi connectivity index (χ2v) is 8.21. The number of fused-ring (bicyclic) bond motifs is 1. The Balaban J connectivity index is 1.96. The molecule has 2 heterocycles. The van der Waals surface area contributed by atoms with E-state index in [2.05, 4.69) is 4.74 Å². The molecule has 1 aliphatic carbocycles. The standard InChI is InChI=1S/C17H25ClO12/c1-16(25)10-15(30-14-9(22)8(21)7(20)6(3-19)29-14)28-4-5(13(24)27-2)17(10,26)12(23)11(16)18/h4,6-12,14-15,19-23,25-26H,3H2,1-2H3/t6-,7-,8+,9-,10-,11?,12-,14+,15+,16-,17+/m1/s1. The van der Waals surface area contributed by atoms with E-state index >= 15 is 0 Å². The first-order chi connectivity index (χ1) is 13.9. The lowest BCUT2D eigenvalue weighted by Crippen LogP contribution is -2.63. The highest BCUT2D eigenvalue weighted by molar-refractivity contribution is 6.22. The van der Waals surface area contributed by atoms with Crippen molar-refractivity contribution >= 4 is 17.6 Å². The zero-order valence-corrected chi connectivity index (χ0v) is 16.8. The van der Waals surface area contributed by atoms with Gasteiger partial charge in [0.2, 0.25) is 6.29 Å². The molecule has 2 aliphatic heterocycles. The quantitative estimate of drug-likeness (QED) is 0.162. The van der Waals surface area contributed by atoms with Gasteiger partial charge in [0.1, 0.15) is 48.0 Å². The van der Waals surface area contributed by atoms with Crippen molar-refractivity contribution in [3.05, 3.63) is 11.8 Å². The number of hydrogen-bond donors (Lipinski definition) is 7. The third-order valence-corrected chi connectivity index (χ3v) is 6.62. The van der Waals surface area contributed by atoms with Gasteiger partial charge in [0.25, 0.3) is 0 Å². The van der Waals surface area contributed by atoms with Crippen LogP contribution in [-0.2, 0) is 23.7 Å². The molecule has 0 amide bonds. The van der Waals surface area contributed by atoms with Crippen molar-refractivity contribution in [1.29, 1.82) is 0 Å². The molecule has 1 saturated heterocycles. The second-order valence-electron chi connectivity index (χ2n) is 7.74. The fraction of sp³-hybridized carbons (Fsp3) is 0.824. The Bertz CT molecular complexity index is 698. The summed E-state index contributed by atoms with van der Waals surface area (Å²) < 4.78 is 20.7. The van der Waals surface area contributed by atoms with E-state index in [-0.39, 0.29) is 0 Å². The Kier molecular flexibility index (Phi) is 6.40. The Labute approximate surface area is 175 Å². The maximum Gasteiger partial charge on any atom is 0.339 e. The monoisotopic (exact) mass is 456 g/mol. The molecule has 11 atom stereocenters. The van der Waals surface area contributed by atoms with Crippen LogP contribution in [0.5, 0.6) is 0 Å². The maximum atomic E-state index is 12.1. The van der Waals surface area contributed by atoms with Crippen LogP contribution in [-0.4, -0.2) is 115 Å². The summed E-state index contributed by atoms with van der Waals surface area (Å²) in [4.78, 5) is 12.1. The highest BCUT2D eigenvalue weighted by atomic mass is 35.5. The summed E-state index contributed by atoms with van der Waals surface area (Å²) in [6, 6.07) is 0. The Hall–Kier alpha value is -1.06. The van der Waals surface area contributed by atoms with E-state index in [1.807, 2.05) is 0 Å². The fourth-order valence-electron chi connectivity index (χ4n) is 4.21. The summed E-state index contributed by atoms with van der Waals surface area (Å²) in [7, 11) is 1.04. The molecule has 3 aliphatic rings. The summed E-state index contributed by atoms with van der Waals surface area (Å²) in [5.41, 5.74) is -5.03. The van der Waals surface area contributed by atoms with Gasteiger partial charge >= 0.3 is 5.97 Å². The summed E-state index contributed by atoms with van der Waals surface area (Å²) in [5.74, 6) is -2.62. The highest BCUT2D eigenvalue weighted by Gasteiger charge is 2.72. The van der Waals surface area contributed by atoms with E-state index in [4.69, 9.17) is 25.8 Å². The van der Waals surface area contributed by atoms with Crippen LogP contribution in [0.4, 0.5) is 0 Å². The number of methoxy groups -OCH3 is 1. The van der Waals surface area contributed by atoms with Crippen molar-refractivity contribution in [3.63, 3.8) is 0 Å². The van der Waals surface area contributed by atoms with Crippen LogP contribution in [0.1, 0.15) is 6.92 Å². The lowest BCUT2D eigenvalue weighted by molar-refractivity contribution is -0.352. The summed E-state index contributed by atoms with van der Waals surface area (Å²) in [5, 5.41) is 70.5. The first kappa shape index (κ1) is 23.6. The van der Waals surface area contributed by atoms with Gasteiger partial charge in [-0.25, -0.2) is 4.79 Å². The molecular weight excluding hydrogens is 432 g/mol. The maximum absolute atomic E-state index is 12.1. The molecule has 1 saturated carbocycles. The van der Waals surface area contributed by atoms with Gasteiger partial charge in [-0.3, -0.25) is 0 Å². The Morgan fingerprint density at radius 3 is 2.37 bits per heavy atom. The molecule has 0 aromatic rings. The number of alkyl halides is 1. The second kappa shape index (κ2) is 8.13. The molecule has 1 unspecified atom stereocenters. The van der Waals surface area contributed by atoms with Gasteiger partial charge in [0, 0.05) is 0 Å². The number of halogens is 1. The molecule has 3 rings (SSSR count). The van der Waals surface area contributed by atoms with E-state index in [0.29, 0.717) is 0 Å². The summed E-state index contributed by atoms with van der Waals surface area (Å²) in [6.45, 7) is 0.472. The highest BCUT2D eigenvalue weighted by Crippen LogP contribution is 2.54. The first-order valence-electron chi connectivity index (χ1n) is 9.10. The minimum absolute atomic E-state index is 0.514. The average molecular weight is 457 g/mol. The molecule has 0 radical (unpaired) electrons. The summed E-state index contributed by atoms with van der Waals surface area (Å²) in [6.07, 6.45) is -10.9. The SMILES string of the molecule is COC(=O)C1=CO[C@@H](O[C@@H]2O[C@H](CO)[C@@H](O)[C@H](O)[C@H]2O)[C@H]2[C@]1(O)[C@H](O)C(Cl)[C@]2(C)O. The van der Waals surface area contributed by atoms with Crippen molar-refractivity contribution in [2.75, 3.05) is 13.7 Å². The van der Waals surface area contributed by atoms with Crippen LogP contribution in [0.3, 0.4) is 0 Å². The zero-order chi connectivity index (χ0) is 22.6. The van der Waals surface area contributed by atoms with Crippen molar-refractivity contribution in [2.24, 2.45) is 5.92 Å². The minimum Gasteiger partial charge on any atom is -0.471 e. The Morgan fingerprint density at radius 1 is 1.17 bits per heavy atom. The van der Waals surface area contributed by atoms with Gasteiger partial charge in [0.15, 0.2) is 6.29 Å². The third-order valence-electron chi connectivity index (χ3n) is 5.94. The fourth-order valence-corrected chi connectivity index (χ4v) is 4.53. The van der Waals surface area contributed by atoms with Gasteiger partial charge < -0.3 is 54.7 Å². The predicted molar refractivity (Wildman–Crippen MR) is 94.5 cm³/mol. The molecule has 30 heavy (non-hydrogen) atoms. The van der Waals surface area contributed by atoms with Gasteiger partial charge in [-0.05, 0) is 6.92 Å². The number of aliphatic hydroxyl groups excluding tert-OH is 5. The smallest absolute Gasteiger partial charge is 0.339 e. The van der Waals surface area contributed by atoms with E-state index in [0.717, 1.165) is 13.4 Å². The number of hydrogen-bond acceptors (Lipinski definition) is 12. The molecule has 0 bridgehead atoms. The van der Waals surface area contributed by atoms with Crippen molar-refractivity contribution in [2.45, 2.75) is 66.6 Å². The van der Waals surface area contributed by atoms with Crippen LogP contribution in [0.15, 0.2) is 11.8 Å². The number of ether oxygens (including phenoxy) is 4. The molecular formula is C17H25ClO12. The van der Waals surface area contributed by atoms with Gasteiger partial charge in [-0.15, -0.1) is 11.6 Å². The third kappa shape index (κ3) is 3.32. The van der Waals surface area contributed by atoms with Crippen molar-refractivity contribution in [1.82, 2.24) is 0 Å². The molecule has 0 aromatic heterocycles. The zero-order valence-electron chi connectivity index (χ0n) is 16.0. The lowest BCUT2D eigenvalue weighted by atomic mass is 9.76. The van der Waals surface area contributed by atoms with Crippen LogP contribution < -0.4 is 0 Å². The average Bonchev–Trinajstić information content (AvgIpc) is 2.85. The van der Waals surface area contributed by atoms with Crippen molar-refractivity contribution < 1.29 is 59.5 Å². The molecule has 0 spiro atoms. The van der Waals surface area contributed by atoms with Crippen molar-refractivity contribution in [3.8, 4) is 0 Å². The molecule has 7 N–H and O–H groups in total. The Morgan fingerprint density at radius 2 is 1.80 bits per heavy atom. The summed E-state index contributed by atoms with van der Waals surface area (Å²) >= 11 is 6.12. The lowest BCUT2D eigenvalue weighted by Gasteiger charge is -2.46. The minimum atomic E-state index is -2.46. The van der Waals surface area contributed by atoms with E-state index in [1.165, 1.54) is 6.92 Å². The van der Waals surface area contributed by atoms with Gasteiger partial charge in [0.05, 0.1) is 30.6 Å². The largest absolute Gasteiger partial charge is 0.471 e. The number of carbonyl (C=O) groups is 1. The van der Waals surface area contributed by atoms with Crippen LogP contribution >= 0.6 is 11.6 Å². The molecule has 0 aromatic carbocycles. The van der Waals surface area contributed by atoms with Crippen LogP contribution in [0, 0.1) is 5.92 Å². The first-order valence-corrected chi connectivity index (χ1v) is 9.53. The number of rotatable bonds is 4. The number of esters is 1. The number of carbonyl (C=O) groups excluding carboxylic acids is 1.